The number of rotatable bonds is 6. The van der Waals surface area contributed by atoms with Crippen molar-refractivity contribution in [1.82, 2.24) is 9.80 Å². The van der Waals surface area contributed by atoms with Crippen molar-refractivity contribution in [3.8, 4) is 5.75 Å². The molecular formula is C23H28N2O4. The Balaban J connectivity index is 1.56. The third-order valence-electron chi connectivity index (χ3n) is 6.14. The van der Waals surface area contributed by atoms with Gasteiger partial charge in [0.1, 0.15) is 19.0 Å². The van der Waals surface area contributed by atoms with E-state index in [1.807, 2.05) is 48.3 Å². The maximum absolute atomic E-state index is 12.5. The second-order valence-corrected chi connectivity index (χ2v) is 7.71. The first-order valence-electron chi connectivity index (χ1n) is 10.1. The van der Waals surface area contributed by atoms with Gasteiger partial charge in [0.05, 0.1) is 18.2 Å². The number of likely N-dealkylation sites (tertiary alicyclic amines) is 1. The summed E-state index contributed by atoms with van der Waals surface area (Å²) in [5.74, 6) is 0.833. The summed E-state index contributed by atoms with van der Waals surface area (Å²) in [5, 5.41) is 9.07. The Kier molecular flexibility index (Phi) is 5.85. The first-order chi connectivity index (χ1) is 14.1. The van der Waals surface area contributed by atoms with Crippen LogP contribution in [0.15, 0.2) is 54.6 Å². The van der Waals surface area contributed by atoms with Crippen LogP contribution in [-0.2, 0) is 21.6 Å². The lowest BCUT2D eigenvalue weighted by atomic mass is 9.76. The number of para-hydroxylation sites is 1. The van der Waals surface area contributed by atoms with E-state index >= 15 is 0 Å². The smallest absolute Gasteiger partial charge is 0.249 e. The predicted molar refractivity (Wildman–Crippen MR) is 110 cm³/mol. The number of ether oxygens (including phenoxy) is 2. The standard InChI is InChI=1S/C23H28N2O4/c1-24-22(27)17-29-21-16-25(12-11-23(21,24)19-8-3-2-4-9-19)15-18-7-5-6-10-20(18)28-14-13-26/h2-10,21,26H,11-17H2,1H3/t21-,23+/m1/s1. The Morgan fingerprint density at radius 2 is 1.93 bits per heavy atom. The molecule has 2 aliphatic rings. The molecule has 1 amide bonds. The second-order valence-electron chi connectivity index (χ2n) is 7.71. The Morgan fingerprint density at radius 1 is 1.17 bits per heavy atom. The molecule has 2 aromatic carbocycles. The summed E-state index contributed by atoms with van der Waals surface area (Å²) in [5.41, 5.74) is 1.79. The van der Waals surface area contributed by atoms with Crippen LogP contribution in [0.1, 0.15) is 17.5 Å². The molecular weight excluding hydrogens is 368 g/mol. The number of fused-ring (bicyclic) bond motifs is 1. The zero-order chi connectivity index (χ0) is 20.3. The fourth-order valence-electron chi connectivity index (χ4n) is 4.60. The minimum absolute atomic E-state index is 0.00603. The van der Waals surface area contributed by atoms with E-state index in [2.05, 4.69) is 23.1 Å². The van der Waals surface area contributed by atoms with Crippen molar-refractivity contribution in [3.05, 3.63) is 65.7 Å². The van der Waals surface area contributed by atoms with E-state index in [0.717, 1.165) is 42.9 Å². The van der Waals surface area contributed by atoms with Crippen molar-refractivity contribution < 1.29 is 19.4 Å². The zero-order valence-electron chi connectivity index (χ0n) is 16.8. The number of morpholine rings is 1. The highest BCUT2D eigenvalue weighted by atomic mass is 16.5. The van der Waals surface area contributed by atoms with Gasteiger partial charge >= 0.3 is 0 Å². The van der Waals surface area contributed by atoms with Crippen molar-refractivity contribution in [3.63, 3.8) is 0 Å². The third kappa shape index (κ3) is 3.75. The van der Waals surface area contributed by atoms with Gasteiger partial charge in [0.15, 0.2) is 0 Å². The molecule has 0 saturated carbocycles. The van der Waals surface area contributed by atoms with E-state index in [0.29, 0.717) is 0 Å². The number of nitrogens with zero attached hydrogens (tertiary/aromatic N) is 2. The Morgan fingerprint density at radius 3 is 2.72 bits per heavy atom. The van der Waals surface area contributed by atoms with Gasteiger partial charge in [0.2, 0.25) is 5.91 Å². The number of hydrogen-bond acceptors (Lipinski definition) is 5. The number of aliphatic hydroxyl groups excluding tert-OH is 1. The average molecular weight is 396 g/mol. The van der Waals surface area contributed by atoms with E-state index in [1.54, 1.807) is 0 Å². The van der Waals surface area contributed by atoms with Gasteiger partial charge in [-0.3, -0.25) is 9.69 Å². The third-order valence-corrected chi connectivity index (χ3v) is 6.14. The van der Waals surface area contributed by atoms with Crippen LogP contribution in [0.4, 0.5) is 0 Å². The van der Waals surface area contributed by atoms with Crippen LogP contribution in [0.2, 0.25) is 0 Å². The minimum atomic E-state index is -0.431. The number of aliphatic hydroxyl groups is 1. The highest BCUT2D eigenvalue weighted by Crippen LogP contribution is 2.42. The fraction of sp³-hybridized carbons (Fsp3) is 0.435. The number of hydrogen-bond donors (Lipinski definition) is 1. The first-order valence-corrected chi connectivity index (χ1v) is 10.1. The van der Waals surface area contributed by atoms with Crippen LogP contribution in [0, 0.1) is 0 Å². The molecule has 2 aliphatic heterocycles. The van der Waals surface area contributed by atoms with Gasteiger partial charge in [-0.15, -0.1) is 0 Å². The van der Waals surface area contributed by atoms with Crippen molar-refractivity contribution in [1.29, 1.82) is 0 Å². The summed E-state index contributed by atoms with van der Waals surface area (Å²) in [6, 6.07) is 18.2. The molecule has 0 aromatic heterocycles. The van der Waals surface area contributed by atoms with Crippen LogP contribution >= 0.6 is 0 Å². The van der Waals surface area contributed by atoms with Gasteiger partial charge in [0, 0.05) is 32.2 Å². The van der Waals surface area contributed by atoms with Crippen LogP contribution < -0.4 is 4.74 Å². The molecule has 29 heavy (non-hydrogen) atoms. The highest BCUT2D eigenvalue weighted by Gasteiger charge is 2.52. The van der Waals surface area contributed by atoms with Crippen molar-refractivity contribution in [2.75, 3.05) is 40.0 Å². The molecule has 0 spiro atoms. The molecule has 2 heterocycles. The van der Waals surface area contributed by atoms with Crippen LogP contribution in [-0.4, -0.2) is 66.9 Å². The van der Waals surface area contributed by atoms with Crippen LogP contribution in [0.3, 0.4) is 0 Å². The SMILES string of the molecule is CN1C(=O)CO[C@@H]2CN(Cc3ccccc3OCCO)CC[C@]21c1ccccc1. The molecule has 2 fully saturated rings. The predicted octanol–water partition coefficient (Wildman–Crippen LogP) is 2.02. The molecule has 6 nitrogen and oxygen atoms in total. The molecule has 4 rings (SSSR count). The van der Waals surface area contributed by atoms with Gasteiger partial charge < -0.3 is 19.5 Å². The van der Waals surface area contributed by atoms with Crippen LogP contribution in [0.5, 0.6) is 5.75 Å². The topological polar surface area (TPSA) is 62.2 Å². The van der Waals surface area contributed by atoms with E-state index in [1.165, 1.54) is 0 Å². The zero-order valence-corrected chi connectivity index (χ0v) is 16.8. The molecule has 0 unspecified atom stereocenters. The van der Waals surface area contributed by atoms with Gasteiger partial charge in [-0.05, 0) is 18.1 Å². The Hall–Kier alpha value is -2.41. The largest absolute Gasteiger partial charge is 0.491 e. The summed E-state index contributed by atoms with van der Waals surface area (Å²) in [4.78, 5) is 16.7. The second kappa shape index (κ2) is 8.53. The van der Waals surface area contributed by atoms with Crippen molar-refractivity contribution >= 4 is 5.91 Å². The van der Waals surface area contributed by atoms with E-state index in [4.69, 9.17) is 14.6 Å². The number of benzene rings is 2. The molecule has 0 bridgehead atoms. The van der Waals surface area contributed by atoms with E-state index in [9.17, 15) is 4.79 Å². The molecule has 6 heteroatoms. The summed E-state index contributed by atoms with van der Waals surface area (Å²) in [6.45, 7) is 2.73. The van der Waals surface area contributed by atoms with Crippen molar-refractivity contribution in [2.45, 2.75) is 24.6 Å². The quantitative estimate of drug-likeness (QED) is 0.810. The summed E-state index contributed by atoms with van der Waals surface area (Å²) in [7, 11) is 1.90. The lowest BCUT2D eigenvalue weighted by Gasteiger charge is -2.55. The number of carbonyl (C=O) groups is 1. The number of piperidine rings is 1. The molecule has 2 aromatic rings. The molecule has 154 valence electrons. The van der Waals surface area contributed by atoms with E-state index in [-0.39, 0.29) is 31.8 Å². The monoisotopic (exact) mass is 396 g/mol. The minimum Gasteiger partial charge on any atom is -0.491 e. The highest BCUT2D eigenvalue weighted by molar-refractivity contribution is 5.79. The fourth-order valence-corrected chi connectivity index (χ4v) is 4.60. The van der Waals surface area contributed by atoms with E-state index < -0.39 is 5.54 Å². The number of carbonyl (C=O) groups excluding carboxylic acids is 1. The van der Waals surface area contributed by atoms with Crippen LogP contribution in [0.25, 0.3) is 0 Å². The lowest BCUT2D eigenvalue weighted by Crippen LogP contribution is -2.66. The normalized spacial score (nSPS) is 25.0. The summed E-state index contributed by atoms with van der Waals surface area (Å²) >= 11 is 0. The lowest BCUT2D eigenvalue weighted by molar-refractivity contribution is -0.183. The summed E-state index contributed by atoms with van der Waals surface area (Å²) in [6.07, 6.45) is 0.718. The molecule has 0 aliphatic carbocycles. The van der Waals surface area contributed by atoms with Gasteiger partial charge in [-0.1, -0.05) is 48.5 Å². The molecule has 1 N–H and O–H groups in total. The average Bonchev–Trinajstić information content (AvgIpc) is 2.76. The maximum Gasteiger partial charge on any atom is 0.249 e. The molecule has 2 saturated heterocycles. The maximum atomic E-state index is 12.5. The molecule has 0 radical (unpaired) electrons. The van der Waals surface area contributed by atoms with Gasteiger partial charge in [-0.25, -0.2) is 0 Å². The molecule has 2 atom stereocenters. The Labute approximate surface area is 171 Å². The summed E-state index contributed by atoms with van der Waals surface area (Å²) < 4.78 is 11.8. The first kappa shape index (κ1) is 19.9. The Bertz CT molecular complexity index is 844. The van der Waals surface area contributed by atoms with Crippen molar-refractivity contribution in [2.24, 2.45) is 0 Å². The van der Waals surface area contributed by atoms with Gasteiger partial charge in [0.25, 0.3) is 0 Å². The van der Waals surface area contributed by atoms with Gasteiger partial charge in [-0.2, -0.15) is 0 Å². The number of likely N-dealkylation sites (N-methyl/N-ethyl adjacent to an activating group) is 1. The number of amides is 1.